The maximum absolute atomic E-state index is 12.9. The Hall–Kier alpha value is -2.01. The quantitative estimate of drug-likeness (QED) is 0.779. The second-order valence-corrected chi connectivity index (χ2v) is 7.47. The van der Waals surface area contributed by atoms with Crippen LogP contribution in [0.15, 0.2) is 30.3 Å². The molecule has 5 nitrogen and oxygen atoms in total. The number of piperidine rings is 1. The van der Waals surface area contributed by atoms with Crippen LogP contribution in [0.4, 0.5) is 4.79 Å². The molecule has 25 heavy (non-hydrogen) atoms. The van der Waals surface area contributed by atoms with Crippen LogP contribution in [0.1, 0.15) is 56.7 Å². The third-order valence-corrected chi connectivity index (χ3v) is 5.70. The number of rotatable bonds is 2. The molecule has 1 aliphatic carbocycles. The average molecular weight is 341 g/mol. The number of H-pyrrole nitrogens is 1. The lowest BCUT2D eigenvalue weighted by Gasteiger charge is -2.37. The molecule has 2 fully saturated rings. The van der Waals surface area contributed by atoms with E-state index in [2.05, 4.69) is 28.5 Å². The van der Waals surface area contributed by atoms with Crippen molar-refractivity contribution in [2.75, 3.05) is 6.54 Å². The van der Waals surface area contributed by atoms with Crippen molar-refractivity contribution < 1.29 is 9.90 Å². The maximum Gasteiger partial charge on any atom is 0.318 e. The van der Waals surface area contributed by atoms with Crippen molar-refractivity contribution in [3.05, 3.63) is 36.0 Å². The number of para-hydroxylation sites is 1. The fraction of sp³-hybridized carbons (Fsp3) is 0.550. The van der Waals surface area contributed by atoms with E-state index in [9.17, 15) is 9.90 Å². The second kappa shape index (κ2) is 7.08. The SMILES string of the molecule is O=C(NC1CCC(O)CC1)N1CCCCC1c1cc2ccccc2[nH]1. The maximum atomic E-state index is 12.9. The summed E-state index contributed by atoms with van der Waals surface area (Å²) in [4.78, 5) is 18.4. The summed E-state index contributed by atoms with van der Waals surface area (Å²) in [5, 5.41) is 14.0. The van der Waals surface area contributed by atoms with Crippen LogP contribution in [-0.4, -0.2) is 39.7 Å². The van der Waals surface area contributed by atoms with Gasteiger partial charge in [0.15, 0.2) is 0 Å². The van der Waals surface area contributed by atoms with Crippen molar-refractivity contribution in [3.63, 3.8) is 0 Å². The number of amides is 2. The first-order valence-corrected chi connectivity index (χ1v) is 9.53. The summed E-state index contributed by atoms with van der Waals surface area (Å²) < 4.78 is 0. The first kappa shape index (κ1) is 16.5. The number of carbonyl (C=O) groups excluding carboxylic acids is 1. The number of nitrogens with zero attached hydrogens (tertiary/aromatic N) is 1. The van der Waals surface area contributed by atoms with Gasteiger partial charge in [0.05, 0.1) is 12.1 Å². The molecule has 1 saturated carbocycles. The zero-order chi connectivity index (χ0) is 17.2. The summed E-state index contributed by atoms with van der Waals surface area (Å²) in [6.45, 7) is 0.807. The molecule has 2 aromatic rings. The number of likely N-dealkylation sites (tertiary alicyclic amines) is 1. The van der Waals surface area contributed by atoms with Crippen LogP contribution in [0.5, 0.6) is 0 Å². The molecule has 134 valence electrons. The van der Waals surface area contributed by atoms with E-state index in [0.717, 1.165) is 62.7 Å². The van der Waals surface area contributed by atoms with E-state index in [1.54, 1.807) is 0 Å². The van der Waals surface area contributed by atoms with Gasteiger partial charge < -0.3 is 20.3 Å². The van der Waals surface area contributed by atoms with Crippen molar-refractivity contribution in [2.24, 2.45) is 0 Å². The monoisotopic (exact) mass is 341 g/mol. The Kier molecular flexibility index (Phi) is 4.66. The summed E-state index contributed by atoms with van der Waals surface area (Å²) in [6.07, 6.45) is 6.35. The Labute approximate surface area is 148 Å². The van der Waals surface area contributed by atoms with Crippen LogP contribution in [0.25, 0.3) is 10.9 Å². The number of fused-ring (bicyclic) bond motifs is 1. The number of aromatic amines is 1. The molecule has 1 saturated heterocycles. The zero-order valence-corrected chi connectivity index (χ0v) is 14.6. The molecule has 1 aliphatic heterocycles. The van der Waals surface area contributed by atoms with Gasteiger partial charge in [-0.1, -0.05) is 18.2 Å². The van der Waals surface area contributed by atoms with Gasteiger partial charge >= 0.3 is 6.03 Å². The van der Waals surface area contributed by atoms with Gasteiger partial charge in [-0.05, 0) is 62.5 Å². The molecule has 3 N–H and O–H groups in total. The predicted molar refractivity (Wildman–Crippen MR) is 98.4 cm³/mol. The largest absolute Gasteiger partial charge is 0.393 e. The van der Waals surface area contributed by atoms with Crippen LogP contribution in [0.2, 0.25) is 0 Å². The summed E-state index contributed by atoms with van der Waals surface area (Å²) in [5.41, 5.74) is 2.26. The van der Waals surface area contributed by atoms with Gasteiger partial charge in [-0.3, -0.25) is 0 Å². The number of hydrogen-bond acceptors (Lipinski definition) is 2. The van der Waals surface area contributed by atoms with E-state index in [0.29, 0.717) is 0 Å². The summed E-state index contributed by atoms with van der Waals surface area (Å²) in [6, 6.07) is 10.8. The number of urea groups is 1. The third-order valence-electron chi connectivity index (χ3n) is 5.70. The molecule has 1 atom stereocenters. The Morgan fingerprint density at radius 3 is 2.72 bits per heavy atom. The molecule has 4 rings (SSSR count). The molecule has 1 aromatic carbocycles. The highest BCUT2D eigenvalue weighted by molar-refractivity contribution is 5.81. The number of hydrogen-bond donors (Lipinski definition) is 3. The van der Waals surface area contributed by atoms with E-state index in [4.69, 9.17) is 0 Å². The van der Waals surface area contributed by atoms with Crippen molar-refractivity contribution in [2.45, 2.75) is 63.1 Å². The van der Waals surface area contributed by atoms with Gasteiger partial charge in [-0.15, -0.1) is 0 Å². The molecule has 2 heterocycles. The molecule has 0 bridgehead atoms. The van der Waals surface area contributed by atoms with Crippen LogP contribution in [0.3, 0.4) is 0 Å². The smallest absolute Gasteiger partial charge is 0.318 e. The molecule has 5 heteroatoms. The van der Waals surface area contributed by atoms with Crippen LogP contribution >= 0.6 is 0 Å². The molecular formula is C20H27N3O2. The Morgan fingerprint density at radius 2 is 1.92 bits per heavy atom. The zero-order valence-electron chi connectivity index (χ0n) is 14.6. The van der Waals surface area contributed by atoms with E-state index in [1.807, 2.05) is 17.0 Å². The van der Waals surface area contributed by atoms with Gasteiger partial charge in [-0.2, -0.15) is 0 Å². The highest BCUT2D eigenvalue weighted by Gasteiger charge is 2.31. The summed E-state index contributed by atoms with van der Waals surface area (Å²) in [7, 11) is 0. The van der Waals surface area contributed by atoms with E-state index in [-0.39, 0.29) is 24.2 Å². The van der Waals surface area contributed by atoms with Gasteiger partial charge in [0.2, 0.25) is 0 Å². The molecule has 2 aliphatic rings. The van der Waals surface area contributed by atoms with Crippen molar-refractivity contribution in [1.82, 2.24) is 15.2 Å². The standard InChI is InChI=1S/C20H27N3O2/c24-16-10-8-15(9-11-16)21-20(25)23-12-4-3-7-19(23)18-13-14-5-1-2-6-17(14)22-18/h1-2,5-6,13,15-16,19,22,24H,3-4,7-12H2,(H,21,25). The molecular weight excluding hydrogens is 314 g/mol. The molecule has 0 spiro atoms. The summed E-state index contributed by atoms with van der Waals surface area (Å²) >= 11 is 0. The third kappa shape index (κ3) is 3.52. The number of aliphatic hydroxyl groups excluding tert-OH is 1. The first-order chi connectivity index (χ1) is 12.2. The minimum atomic E-state index is -0.192. The topological polar surface area (TPSA) is 68.4 Å². The first-order valence-electron chi connectivity index (χ1n) is 9.53. The lowest BCUT2D eigenvalue weighted by atomic mass is 9.93. The summed E-state index contributed by atoms with van der Waals surface area (Å²) in [5.74, 6) is 0. The second-order valence-electron chi connectivity index (χ2n) is 7.47. The minimum Gasteiger partial charge on any atom is -0.393 e. The molecule has 1 aromatic heterocycles. The number of nitrogens with one attached hydrogen (secondary N) is 2. The fourth-order valence-electron chi connectivity index (χ4n) is 4.25. The van der Waals surface area contributed by atoms with Crippen molar-refractivity contribution in [1.29, 1.82) is 0 Å². The Morgan fingerprint density at radius 1 is 1.12 bits per heavy atom. The van der Waals surface area contributed by atoms with Gasteiger partial charge in [0, 0.05) is 23.8 Å². The molecule has 1 unspecified atom stereocenters. The number of aromatic nitrogens is 1. The van der Waals surface area contributed by atoms with Crippen LogP contribution in [-0.2, 0) is 0 Å². The van der Waals surface area contributed by atoms with Crippen LogP contribution in [0, 0.1) is 0 Å². The Bertz CT molecular complexity index is 700. The normalized spacial score (nSPS) is 27.4. The Balaban J connectivity index is 1.49. The number of aliphatic hydroxyl groups is 1. The number of benzene rings is 1. The molecule has 2 amide bonds. The predicted octanol–water partition coefficient (Wildman–Crippen LogP) is 3.71. The van der Waals surface area contributed by atoms with Crippen molar-refractivity contribution >= 4 is 16.9 Å². The molecule has 0 radical (unpaired) electrons. The average Bonchev–Trinajstić information content (AvgIpc) is 3.07. The number of carbonyl (C=O) groups is 1. The van der Waals surface area contributed by atoms with Crippen molar-refractivity contribution in [3.8, 4) is 0 Å². The lowest BCUT2D eigenvalue weighted by Crippen LogP contribution is -2.49. The van der Waals surface area contributed by atoms with E-state index < -0.39 is 0 Å². The van der Waals surface area contributed by atoms with Gasteiger partial charge in [-0.25, -0.2) is 4.79 Å². The van der Waals surface area contributed by atoms with Crippen LogP contribution < -0.4 is 5.32 Å². The van der Waals surface area contributed by atoms with E-state index >= 15 is 0 Å². The fourth-order valence-corrected chi connectivity index (χ4v) is 4.25. The highest BCUT2D eigenvalue weighted by atomic mass is 16.3. The van der Waals surface area contributed by atoms with Gasteiger partial charge in [0.1, 0.15) is 0 Å². The van der Waals surface area contributed by atoms with Gasteiger partial charge in [0.25, 0.3) is 0 Å². The highest BCUT2D eigenvalue weighted by Crippen LogP contribution is 2.32. The van der Waals surface area contributed by atoms with E-state index in [1.165, 1.54) is 5.39 Å². The lowest BCUT2D eigenvalue weighted by molar-refractivity contribution is 0.110. The minimum absolute atomic E-state index is 0.0461.